The van der Waals surface area contributed by atoms with Gasteiger partial charge in [0.05, 0.1) is 5.57 Å². The third kappa shape index (κ3) is 3.58. The highest BCUT2D eigenvalue weighted by Crippen LogP contribution is 2.34. The van der Waals surface area contributed by atoms with Crippen molar-refractivity contribution in [1.82, 2.24) is 15.2 Å². The van der Waals surface area contributed by atoms with E-state index in [2.05, 4.69) is 20.5 Å². The van der Waals surface area contributed by atoms with Crippen LogP contribution in [0.5, 0.6) is 0 Å². The van der Waals surface area contributed by atoms with E-state index in [1.54, 1.807) is 0 Å². The number of aryl methyl sites for hydroxylation is 1. The molecule has 1 aliphatic rings. The minimum absolute atomic E-state index is 0.107. The van der Waals surface area contributed by atoms with E-state index in [0.29, 0.717) is 12.1 Å². The summed E-state index contributed by atoms with van der Waals surface area (Å²) in [4.78, 5) is 17.7. The van der Waals surface area contributed by atoms with Gasteiger partial charge in [0.15, 0.2) is 0 Å². The molecule has 2 aromatic rings. The van der Waals surface area contributed by atoms with Crippen molar-refractivity contribution in [1.29, 1.82) is 0 Å². The Hall–Kier alpha value is -2.41. The van der Waals surface area contributed by atoms with Crippen molar-refractivity contribution in [2.24, 2.45) is 0 Å². The number of benzene rings is 1. The predicted octanol–water partition coefficient (Wildman–Crippen LogP) is 2.27. The molecule has 1 amide bonds. The third-order valence-electron chi connectivity index (χ3n) is 4.70. The number of aromatic amines is 1. The lowest BCUT2D eigenvalue weighted by Gasteiger charge is -2.16. The highest BCUT2D eigenvalue weighted by Gasteiger charge is 2.25. The number of nitrogens with zero attached hydrogens (tertiary/aromatic N) is 1. The number of carbonyl (C=O) groups excluding carboxylic acids is 1. The van der Waals surface area contributed by atoms with E-state index in [1.165, 1.54) is 0 Å². The number of amides is 1. The van der Waals surface area contributed by atoms with Gasteiger partial charge in [-0.05, 0) is 45.6 Å². The van der Waals surface area contributed by atoms with Gasteiger partial charge in [-0.15, -0.1) is 0 Å². The van der Waals surface area contributed by atoms with E-state index >= 15 is 0 Å². The number of aliphatic hydroxyl groups is 1. The third-order valence-corrected chi connectivity index (χ3v) is 4.70. The lowest BCUT2D eigenvalue weighted by molar-refractivity contribution is -0.110. The van der Waals surface area contributed by atoms with Crippen LogP contribution in [-0.4, -0.2) is 48.1 Å². The summed E-state index contributed by atoms with van der Waals surface area (Å²) in [7, 11) is 3.99. The van der Waals surface area contributed by atoms with Gasteiger partial charge in [0, 0.05) is 41.3 Å². The first-order chi connectivity index (χ1) is 12.4. The number of rotatable bonds is 6. The van der Waals surface area contributed by atoms with Gasteiger partial charge in [0.2, 0.25) is 0 Å². The van der Waals surface area contributed by atoms with Crippen LogP contribution in [0.15, 0.2) is 24.3 Å². The first-order valence-electron chi connectivity index (χ1n) is 8.76. The fourth-order valence-corrected chi connectivity index (χ4v) is 3.30. The normalized spacial score (nSPS) is 16.2. The molecule has 26 heavy (non-hydrogen) atoms. The minimum atomic E-state index is -0.747. The number of para-hydroxylation sites is 1. The van der Waals surface area contributed by atoms with Crippen LogP contribution in [0.2, 0.25) is 0 Å². The Labute approximate surface area is 153 Å². The second-order valence-corrected chi connectivity index (χ2v) is 6.92. The van der Waals surface area contributed by atoms with Gasteiger partial charge in [-0.25, -0.2) is 0 Å². The zero-order valence-electron chi connectivity index (χ0n) is 15.7. The number of H-pyrrole nitrogens is 1. The quantitative estimate of drug-likeness (QED) is 0.474. The van der Waals surface area contributed by atoms with Gasteiger partial charge in [0.1, 0.15) is 6.23 Å². The van der Waals surface area contributed by atoms with E-state index in [9.17, 15) is 9.90 Å². The number of fused-ring (bicyclic) bond motifs is 1. The van der Waals surface area contributed by atoms with Gasteiger partial charge in [-0.3, -0.25) is 10.1 Å². The van der Waals surface area contributed by atoms with Crippen LogP contribution in [0, 0.1) is 13.8 Å². The number of hydrogen-bond acceptors (Lipinski definition) is 4. The Morgan fingerprint density at radius 2 is 2.00 bits per heavy atom. The van der Waals surface area contributed by atoms with Crippen molar-refractivity contribution in [3.8, 4) is 0 Å². The maximum absolute atomic E-state index is 12.3. The zero-order valence-corrected chi connectivity index (χ0v) is 15.7. The second-order valence-electron chi connectivity index (χ2n) is 6.92. The molecule has 0 radical (unpaired) electrons. The SMILES string of the molecule is Cc1[nH]c(/C=C2\C(=O)Nc3ccccc32)c(C)c1C(O)NCCN(C)C. The van der Waals surface area contributed by atoms with Gasteiger partial charge < -0.3 is 20.3 Å². The van der Waals surface area contributed by atoms with Gasteiger partial charge >= 0.3 is 0 Å². The van der Waals surface area contributed by atoms with Crippen LogP contribution in [0.4, 0.5) is 5.69 Å². The lowest BCUT2D eigenvalue weighted by atomic mass is 10.0. The second kappa shape index (κ2) is 7.45. The molecule has 1 atom stereocenters. The smallest absolute Gasteiger partial charge is 0.256 e. The Morgan fingerprint density at radius 3 is 2.73 bits per heavy atom. The number of likely N-dealkylation sites (N-methyl/N-ethyl adjacent to an activating group) is 1. The summed E-state index contributed by atoms with van der Waals surface area (Å²) in [5.74, 6) is -0.107. The van der Waals surface area contributed by atoms with Crippen molar-refractivity contribution in [3.63, 3.8) is 0 Å². The number of hydrogen-bond donors (Lipinski definition) is 4. The van der Waals surface area contributed by atoms with E-state index in [0.717, 1.165) is 40.3 Å². The minimum Gasteiger partial charge on any atom is -0.374 e. The van der Waals surface area contributed by atoms with Gasteiger partial charge in [-0.2, -0.15) is 0 Å². The highest BCUT2D eigenvalue weighted by atomic mass is 16.3. The maximum atomic E-state index is 12.3. The Balaban J connectivity index is 1.88. The molecule has 6 heteroatoms. The molecule has 138 valence electrons. The Kier molecular flexibility index (Phi) is 5.27. The molecular weight excluding hydrogens is 328 g/mol. The first kappa shape index (κ1) is 18.4. The van der Waals surface area contributed by atoms with Crippen molar-refractivity contribution in [3.05, 3.63) is 52.3 Å². The molecule has 4 N–H and O–H groups in total. The van der Waals surface area contributed by atoms with E-state index in [-0.39, 0.29) is 5.91 Å². The predicted molar refractivity (Wildman–Crippen MR) is 105 cm³/mol. The molecular formula is C20H26N4O2. The van der Waals surface area contributed by atoms with Gasteiger partial charge in [0.25, 0.3) is 5.91 Å². The number of anilines is 1. The van der Waals surface area contributed by atoms with Crippen LogP contribution in [0.1, 0.15) is 34.3 Å². The van der Waals surface area contributed by atoms with Crippen LogP contribution < -0.4 is 10.6 Å². The molecule has 0 spiro atoms. The molecule has 0 fully saturated rings. The van der Waals surface area contributed by atoms with Crippen molar-refractivity contribution < 1.29 is 9.90 Å². The highest BCUT2D eigenvalue weighted by molar-refractivity contribution is 6.34. The monoisotopic (exact) mass is 354 g/mol. The molecule has 0 bridgehead atoms. The largest absolute Gasteiger partial charge is 0.374 e. The average Bonchev–Trinajstić information content (AvgIpc) is 3.04. The molecule has 1 aliphatic heterocycles. The number of nitrogens with one attached hydrogen (secondary N) is 3. The number of carbonyl (C=O) groups is 1. The van der Waals surface area contributed by atoms with Crippen molar-refractivity contribution in [2.75, 3.05) is 32.5 Å². The van der Waals surface area contributed by atoms with E-state index < -0.39 is 6.23 Å². The van der Waals surface area contributed by atoms with Crippen LogP contribution >= 0.6 is 0 Å². The Bertz CT molecular complexity index is 851. The lowest BCUT2D eigenvalue weighted by Crippen LogP contribution is -2.30. The summed E-state index contributed by atoms with van der Waals surface area (Å²) in [6, 6.07) is 7.65. The summed E-state index contributed by atoms with van der Waals surface area (Å²) in [5, 5.41) is 16.5. The van der Waals surface area contributed by atoms with Crippen molar-refractivity contribution >= 4 is 23.2 Å². The summed E-state index contributed by atoms with van der Waals surface area (Å²) >= 11 is 0. The molecule has 1 aromatic carbocycles. The molecule has 1 unspecified atom stereocenters. The molecule has 2 heterocycles. The maximum Gasteiger partial charge on any atom is 0.256 e. The summed E-state index contributed by atoms with van der Waals surface area (Å²) in [6.07, 6.45) is 1.11. The molecule has 1 aromatic heterocycles. The zero-order chi connectivity index (χ0) is 18.8. The topological polar surface area (TPSA) is 80.4 Å². The van der Waals surface area contributed by atoms with Crippen LogP contribution in [0.25, 0.3) is 11.6 Å². The fraction of sp³-hybridized carbons (Fsp3) is 0.350. The molecule has 3 rings (SSSR count). The number of aromatic nitrogens is 1. The number of aliphatic hydroxyl groups excluding tert-OH is 1. The van der Waals surface area contributed by atoms with Gasteiger partial charge in [-0.1, -0.05) is 18.2 Å². The molecule has 0 saturated carbocycles. The first-order valence-corrected chi connectivity index (χ1v) is 8.76. The Morgan fingerprint density at radius 1 is 1.27 bits per heavy atom. The average molecular weight is 354 g/mol. The molecule has 6 nitrogen and oxygen atoms in total. The standard InChI is InChI=1S/C20H26N4O2/c1-12-17(11-15-14-7-5-6-8-16(14)23-19(15)25)22-13(2)18(12)20(26)21-9-10-24(3)4/h5-8,11,20-22,26H,9-10H2,1-4H3,(H,23,25)/b15-11-. The van der Waals surface area contributed by atoms with E-state index in [4.69, 9.17) is 0 Å². The molecule has 0 saturated heterocycles. The van der Waals surface area contributed by atoms with Crippen LogP contribution in [0.3, 0.4) is 0 Å². The van der Waals surface area contributed by atoms with Crippen molar-refractivity contribution in [2.45, 2.75) is 20.1 Å². The molecule has 0 aliphatic carbocycles. The summed E-state index contributed by atoms with van der Waals surface area (Å²) < 4.78 is 0. The summed E-state index contributed by atoms with van der Waals surface area (Å²) in [5.41, 5.74) is 5.87. The van der Waals surface area contributed by atoms with Crippen LogP contribution in [-0.2, 0) is 4.79 Å². The summed E-state index contributed by atoms with van der Waals surface area (Å²) in [6.45, 7) is 5.42. The fourth-order valence-electron chi connectivity index (χ4n) is 3.30. The van der Waals surface area contributed by atoms with E-state index in [1.807, 2.05) is 58.3 Å².